The van der Waals surface area contributed by atoms with Gasteiger partial charge in [0.25, 0.3) is 0 Å². The van der Waals surface area contributed by atoms with Crippen LogP contribution < -0.4 is 0 Å². The molecule has 49 heavy (non-hydrogen) atoms. The smallest absolute Gasteiger partial charge is 0.309 e. The number of alkyl halides is 6. The van der Waals surface area contributed by atoms with Crippen molar-refractivity contribution in [3.8, 4) is 39.6 Å². The number of hydrogen-bond acceptors (Lipinski definition) is 6. The van der Waals surface area contributed by atoms with Crippen LogP contribution >= 0.6 is 0 Å². The van der Waals surface area contributed by atoms with Crippen molar-refractivity contribution in [2.75, 3.05) is 0 Å². The number of nitrogens with zero attached hydrogens (tertiary/aromatic N) is 7. The molecule has 0 N–H and O–H groups in total. The molecule has 0 aliphatic heterocycles. The number of aryl methyl sites for hydroxylation is 4. The van der Waals surface area contributed by atoms with E-state index in [1.807, 2.05) is 47.0 Å². The molecule has 4 aromatic carbocycles. The third-order valence-electron chi connectivity index (χ3n) is 8.09. The van der Waals surface area contributed by atoms with Gasteiger partial charge in [-0.05, 0) is 87.4 Å². The number of para-hydroxylation sites is 1. The average molecular weight is 670 g/mol. The topological polar surface area (TPSA) is 82.3 Å². The summed E-state index contributed by atoms with van der Waals surface area (Å²) in [6.07, 6.45) is -9.95. The summed E-state index contributed by atoms with van der Waals surface area (Å²) in [5.41, 5.74) is 0.385. The second-order valence-electron chi connectivity index (χ2n) is 11.6. The molecule has 0 radical (unpaired) electrons. The Morgan fingerprint density at radius 3 is 1.71 bits per heavy atom. The van der Waals surface area contributed by atoms with E-state index >= 15 is 0 Å². The van der Waals surface area contributed by atoms with Gasteiger partial charge < -0.3 is 4.57 Å². The van der Waals surface area contributed by atoms with E-state index in [2.05, 4.69) is 29.9 Å². The van der Waals surface area contributed by atoms with Gasteiger partial charge in [-0.25, -0.2) is 29.9 Å². The zero-order chi connectivity index (χ0) is 34.8. The monoisotopic (exact) mass is 669 g/mol. The Labute approximate surface area is 275 Å². The van der Waals surface area contributed by atoms with Gasteiger partial charge in [0.05, 0.1) is 27.8 Å². The van der Waals surface area contributed by atoms with E-state index in [1.165, 1.54) is 6.07 Å². The molecule has 0 atom stereocenters. The maximum absolute atomic E-state index is 14.2. The highest BCUT2D eigenvalue weighted by atomic mass is 19.4. The molecule has 0 saturated carbocycles. The van der Waals surface area contributed by atoms with Crippen molar-refractivity contribution in [2.45, 2.75) is 40.0 Å². The minimum Gasteiger partial charge on any atom is -0.309 e. The van der Waals surface area contributed by atoms with Gasteiger partial charge in [-0.15, -0.1) is 0 Å². The van der Waals surface area contributed by atoms with Crippen molar-refractivity contribution in [1.29, 1.82) is 0 Å². The van der Waals surface area contributed by atoms with Gasteiger partial charge in [-0.3, -0.25) is 0 Å². The predicted octanol–water partition coefficient (Wildman–Crippen LogP) is 9.43. The minimum absolute atomic E-state index is 0.122. The first-order chi connectivity index (χ1) is 23.2. The summed E-state index contributed by atoms with van der Waals surface area (Å²) in [6, 6.07) is 19.4. The SMILES string of the molecule is Cc1nc(C)nc(-c2ccc(-n3c4ccccc4c4cc(-c5ccc(C(F)(F)F)cc5C(F)(F)F)ccc43)c(-c3nc(C)nc(C)n3)c2)n1. The number of fused-ring (bicyclic) bond motifs is 3. The van der Waals surface area contributed by atoms with E-state index in [0.717, 1.165) is 17.0 Å². The van der Waals surface area contributed by atoms with Crippen LogP contribution in [0.15, 0.2) is 78.9 Å². The van der Waals surface area contributed by atoms with Gasteiger partial charge in [0.2, 0.25) is 0 Å². The first kappa shape index (κ1) is 31.9. The lowest BCUT2D eigenvalue weighted by Gasteiger charge is -2.17. The van der Waals surface area contributed by atoms with Crippen LogP contribution in [0.25, 0.3) is 61.4 Å². The largest absolute Gasteiger partial charge is 0.417 e. The fraction of sp³-hybridized carbons (Fsp3) is 0.167. The zero-order valence-electron chi connectivity index (χ0n) is 26.4. The second kappa shape index (κ2) is 11.5. The summed E-state index contributed by atoms with van der Waals surface area (Å²) in [7, 11) is 0. The Kier molecular flexibility index (Phi) is 7.45. The number of hydrogen-bond donors (Lipinski definition) is 0. The number of rotatable bonds is 4. The second-order valence-corrected chi connectivity index (χ2v) is 11.6. The molecule has 13 heteroatoms. The molecule has 7 nitrogen and oxygen atoms in total. The Morgan fingerprint density at radius 2 is 1.08 bits per heavy atom. The Bertz CT molecular complexity index is 2390. The Morgan fingerprint density at radius 1 is 0.490 bits per heavy atom. The molecule has 3 aromatic heterocycles. The maximum Gasteiger partial charge on any atom is 0.417 e. The third-order valence-corrected chi connectivity index (χ3v) is 8.09. The highest BCUT2D eigenvalue weighted by Gasteiger charge is 2.38. The van der Waals surface area contributed by atoms with Crippen LogP contribution in [0.5, 0.6) is 0 Å². The van der Waals surface area contributed by atoms with Crippen LogP contribution in [0, 0.1) is 27.7 Å². The van der Waals surface area contributed by atoms with Crippen LogP contribution in [0.2, 0.25) is 0 Å². The Hall–Kier alpha value is -5.72. The summed E-state index contributed by atoms with van der Waals surface area (Å²) in [5, 5.41) is 1.32. The standard InChI is InChI=1S/C36H25F6N7/c1-18-43-19(2)46-33(45-18)23-10-14-32(28(16-23)34-47-20(3)44-21(4)48-34)49-30-8-6-5-7-26(30)27-15-22(9-13-31(27)49)25-12-11-24(35(37,38)39)17-29(25)36(40,41)42/h5-17H,1-4H3. The summed E-state index contributed by atoms with van der Waals surface area (Å²) in [6.45, 7) is 7.08. The molecule has 0 aliphatic rings. The van der Waals surface area contributed by atoms with E-state index < -0.39 is 23.5 Å². The van der Waals surface area contributed by atoms with E-state index in [-0.39, 0.29) is 17.2 Å². The van der Waals surface area contributed by atoms with E-state index in [0.29, 0.717) is 68.7 Å². The van der Waals surface area contributed by atoms with Gasteiger partial charge in [-0.1, -0.05) is 30.3 Å². The van der Waals surface area contributed by atoms with E-state index in [1.54, 1.807) is 39.8 Å². The number of aromatic nitrogens is 7. The van der Waals surface area contributed by atoms with Crippen molar-refractivity contribution in [3.05, 3.63) is 113 Å². The summed E-state index contributed by atoms with van der Waals surface area (Å²) in [4.78, 5) is 26.9. The van der Waals surface area contributed by atoms with Gasteiger partial charge >= 0.3 is 12.4 Å². The van der Waals surface area contributed by atoms with Crippen molar-refractivity contribution >= 4 is 21.8 Å². The highest BCUT2D eigenvalue weighted by molar-refractivity contribution is 6.11. The first-order valence-electron chi connectivity index (χ1n) is 15.0. The van der Waals surface area contributed by atoms with Crippen molar-refractivity contribution in [2.24, 2.45) is 0 Å². The van der Waals surface area contributed by atoms with Crippen LogP contribution in [0.1, 0.15) is 34.4 Å². The summed E-state index contributed by atoms with van der Waals surface area (Å²) < 4.78 is 84.6. The predicted molar refractivity (Wildman–Crippen MR) is 173 cm³/mol. The fourth-order valence-corrected chi connectivity index (χ4v) is 6.14. The maximum atomic E-state index is 14.2. The molecular weight excluding hydrogens is 644 g/mol. The molecule has 7 rings (SSSR count). The lowest BCUT2D eigenvalue weighted by atomic mass is 9.95. The summed E-state index contributed by atoms with van der Waals surface area (Å²) >= 11 is 0. The van der Waals surface area contributed by atoms with Gasteiger partial charge in [-0.2, -0.15) is 26.3 Å². The van der Waals surface area contributed by atoms with Crippen LogP contribution in [-0.2, 0) is 12.4 Å². The molecule has 246 valence electrons. The fourth-order valence-electron chi connectivity index (χ4n) is 6.14. The quantitative estimate of drug-likeness (QED) is 0.174. The van der Waals surface area contributed by atoms with Crippen LogP contribution in [0.3, 0.4) is 0 Å². The molecule has 0 spiro atoms. The van der Waals surface area contributed by atoms with Gasteiger partial charge in [0.15, 0.2) is 11.6 Å². The van der Waals surface area contributed by atoms with E-state index in [9.17, 15) is 26.3 Å². The average Bonchev–Trinajstić information content (AvgIpc) is 3.36. The molecule has 0 amide bonds. The van der Waals surface area contributed by atoms with Gasteiger partial charge in [0, 0.05) is 21.9 Å². The van der Waals surface area contributed by atoms with E-state index in [4.69, 9.17) is 0 Å². The van der Waals surface area contributed by atoms with Gasteiger partial charge in [0.1, 0.15) is 23.3 Å². The van der Waals surface area contributed by atoms with Crippen LogP contribution in [-0.4, -0.2) is 34.5 Å². The molecule has 0 aliphatic carbocycles. The summed E-state index contributed by atoms with van der Waals surface area (Å²) in [5.74, 6) is 2.99. The number of benzene rings is 4. The molecule has 7 aromatic rings. The highest BCUT2D eigenvalue weighted by Crippen LogP contribution is 2.43. The lowest BCUT2D eigenvalue weighted by molar-refractivity contribution is -0.142. The van der Waals surface area contributed by atoms with Crippen molar-refractivity contribution in [1.82, 2.24) is 34.5 Å². The Balaban J connectivity index is 1.49. The zero-order valence-corrected chi connectivity index (χ0v) is 26.4. The lowest BCUT2D eigenvalue weighted by Crippen LogP contribution is -2.12. The molecule has 0 saturated heterocycles. The molecule has 3 heterocycles. The molecule has 0 fully saturated rings. The molecule has 0 bridgehead atoms. The molecular formula is C36H25F6N7. The minimum atomic E-state index is -5.02. The third kappa shape index (κ3) is 5.85. The first-order valence-corrected chi connectivity index (χ1v) is 15.0. The van der Waals surface area contributed by atoms with Crippen LogP contribution in [0.4, 0.5) is 26.3 Å². The van der Waals surface area contributed by atoms with Crippen molar-refractivity contribution < 1.29 is 26.3 Å². The number of halogens is 6. The van der Waals surface area contributed by atoms with Crippen molar-refractivity contribution in [3.63, 3.8) is 0 Å². The normalized spacial score (nSPS) is 12.3. The molecule has 0 unspecified atom stereocenters.